The average molecular weight is 455 g/mol. The zero-order valence-electron chi connectivity index (χ0n) is 17.0. The van der Waals surface area contributed by atoms with Crippen LogP contribution < -0.4 is 20.9 Å². The smallest absolute Gasteiger partial charge is 0.419 e. The Hall–Kier alpha value is -3.63. The number of oxazole rings is 1. The van der Waals surface area contributed by atoms with E-state index in [2.05, 4.69) is 5.32 Å². The van der Waals surface area contributed by atoms with Gasteiger partial charge in [0.1, 0.15) is 12.4 Å². The summed E-state index contributed by atoms with van der Waals surface area (Å²) in [5, 5.41) is 10.0. The topological polar surface area (TPSA) is 134 Å². The van der Waals surface area contributed by atoms with Crippen LogP contribution in [0.3, 0.4) is 0 Å². The van der Waals surface area contributed by atoms with Gasteiger partial charge in [-0.3, -0.25) is 9.36 Å². The number of aryl methyl sites for hydroxylation is 1. The molecule has 0 saturated heterocycles. The van der Waals surface area contributed by atoms with Crippen molar-refractivity contribution in [3.05, 3.63) is 71.2 Å². The Labute approximate surface area is 183 Å². The van der Waals surface area contributed by atoms with Crippen molar-refractivity contribution in [1.29, 1.82) is 0 Å². The SMILES string of the molecule is NS(=O)(=O)c1ccc2c(c1)oc(=O)n2CCC(=O)NCCOc1ccc2ccccc2c1. The molecule has 1 aromatic heterocycles. The number of hydrogen-bond donors (Lipinski definition) is 2. The summed E-state index contributed by atoms with van der Waals surface area (Å²) in [7, 11) is -3.91. The molecular formula is C22H21N3O6S. The molecule has 0 atom stereocenters. The molecule has 0 unspecified atom stereocenters. The summed E-state index contributed by atoms with van der Waals surface area (Å²) in [6.45, 7) is 0.692. The molecule has 0 radical (unpaired) electrons. The minimum atomic E-state index is -3.91. The first-order valence-corrected chi connectivity index (χ1v) is 11.4. The summed E-state index contributed by atoms with van der Waals surface area (Å²) in [6, 6.07) is 17.6. The quantitative estimate of drug-likeness (QED) is 0.390. The summed E-state index contributed by atoms with van der Waals surface area (Å²) in [6.07, 6.45) is 0.0431. The molecule has 4 aromatic rings. The van der Waals surface area contributed by atoms with E-state index in [4.69, 9.17) is 14.3 Å². The van der Waals surface area contributed by atoms with E-state index in [0.29, 0.717) is 24.4 Å². The average Bonchev–Trinajstić information content (AvgIpc) is 3.08. The highest BCUT2D eigenvalue weighted by atomic mass is 32.2. The summed E-state index contributed by atoms with van der Waals surface area (Å²) < 4.78 is 34.9. The highest BCUT2D eigenvalue weighted by Gasteiger charge is 2.15. The summed E-state index contributed by atoms with van der Waals surface area (Å²) in [5.74, 6) is -0.221. The largest absolute Gasteiger partial charge is 0.492 e. The summed E-state index contributed by atoms with van der Waals surface area (Å²) >= 11 is 0. The molecule has 3 N–H and O–H groups in total. The predicted octanol–water partition coefficient (Wildman–Crippen LogP) is 1.98. The number of amides is 1. The monoisotopic (exact) mass is 455 g/mol. The maximum Gasteiger partial charge on any atom is 0.419 e. The van der Waals surface area contributed by atoms with Gasteiger partial charge in [-0.1, -0.05) is 30.3 Å². The molecule has 3 aromatic carbocycles. The zero-order chi connectivity index (χ0) is 22.7. The van der Waals surface area contributed by atoms with E-state index < -0.39 is 15.8 Å². The Bertz CT molecular complexity index is 1460. The lowest BCUT2D eigenvalue weighted by atomic mass is 10.1. The van der Waals surface area contributed by atoms with Gasteiger partial charge in [-0.2, -0.15) is 0 Å². The zero-order valence-corrected chi connectivity index (χ0v) is 17.8. The van der Waals surface area contributed by atoms with Crippen LogP contribution in [0.2, 0.25) is 0 Å². The lowest BCUT2D eigenvalue weighted by molar-refractivity contribution is -0.121. The second kappa shape index (κ2) is 8.85. The molecule has 0 aliphatic heterocycles. The van der Waals surface area contributed by atoms with Crippen molar-refractivity contribution in [2.45, 2.75) is 17.9 Å². The predicted molar refractivity (Wildman–Crippen MR) is 119 cm³/mol. The van der Waals surface area contributed by atoms with Crippen LogP contribution in [0, 0.1) is 0 Å². The molecular weight excluding hydrogens is 434 g/mol. The number of nitrogens with two attached hydrogens (primary N) is 1. The molecule has 0 aliphatic carbocycles. The number of carbonyl (C=O) groups excluding carboxylic acids is 1. The van der Waals surface area contributed by atoms with E-state index in [9.17, 15) is 18.0 Å². The van der Waals surface area contributed by atoms with Crippen LogP contribution in [0.1, 0.15) is 6.42 Å². The van der Waals surface area contributed by atoms with Gasteiger partial charge in [-0.25, -0.2) is 18.4 Å². The van der Waals surface area contributed by atoms with Gasteiger partial charge in [0.25, 0.3) is 0 Å². The van der Waals surface area contributed by atoms with Gasteiger partial charge in [0.15, 0.2) is 5.58 Å². The second-order valence-corrected chi connectivity index (χ2v) is 8.71. The fourth-order valence-electron chi connectivity index (χ4n) is 3.35. The lowest BCUT2D eigenvalue weighted by Gasteiger charge is -2.09. The van der Waals surface area contributed by atoms with Gasteiger partial charge in [-0.15, -0.1) is 0 Å². The van der Waals surface area contributed by atoms with E-state index in [1.54, 1.807) is 0 Å². The van der Waals surface area contributed by atoms with Crippen LogP contribution in [-0.2, 0) is 21.4 Å². The van der Waals surface area contributed by atoms with Crippen LogP contribution >= 0.6 is 0 Å². The third-order valence-electron chi connectivity index (χ3n) is 4.94. The molecule has 9 nitrogen and oxygen atoms in total. The number of sulfonamides is 1. The van der Waals surface area contributed by atoms with Crippen LogP contribution in [0.4, 0.5) is 0 Å². The van der Waals surface area contributed by atoms with Gasteiger partial charge in [-0.05, 0) is 35.0 Å². The summed E-state index contributed by atoms with van der Waals surface area (Å²) in [5.41, 5.74) is 0.473. The summed E-state index contributed by atoms with van der Waals surface area (Å²) in [4.78, 5) is 24.1. The highest BCUT2D eigenvalue weighted by molar-refractivity contribution is 7.89. The van der Waals surface area contributed by atoms with Gasteiger partial charge in [0.2, 0.25) is 15.9 Å². The van der Waals surface area contributed by atoms with Crippen LogP contribution in [-0.4, -0.2) is 32.0 Å². The molecule has 166 valence electrons. The molecule has 32 heavy (non-hydrogen) atoms. The van der Waals surface area contributed by atoms with Gasteiger partial charge in [0, 0.05) is 19.0 Å². The molecule has 0 saturated carbocycles. The number of benzene rings is 3. The maximum absolute atomic E-state index is 12.1. The number of rotatable bonds is 8. The number of fused-ring (bicyclic) bond motifs is 2. The first-order valence-electron chi connectivity index (χ1n) is 9.86. The molecule has 0 spiro atoms. The lowest BCUT2D eigenvalue weighted by Crippen LogP contribution is -2.29. The Morgan fingerprint density at radius 3 is 2.62 bits per heavy atom. The number of nitrogens with one attached hydrogen (secondary N) is 1. The Balaban J connectivity index is 1.29. The highest BCUT2D eigenvalue weighted by Crippen LogP contribution is 2.20. The molecule has 10 heteroatoms. The van der Waals surface area contributed by atoms with E-state index in [1.807, 2.05) is 42.5 Å². The van der Waals surface area contributed by atoms with Gasteiger partial charge >= 0.3 is 5.76 Å². The fraction of sp³-hybridized carbons (Fsp3) is 0.182. The van der Waals surface area contributed by atoms with E-state index >= 15 is 0 Å². The Morgan fingerprint density at radius 2 is 1.84 bits per heavy atom. The molecule has 0 fully saturated rings. The number of ether oxygens (including phenoxy) is 1. The second-order valence-electron chi connectivity index (χ2n) is 7.15. The van der Waals surface area contributed by atoms with Crippen molar-refractivity contribution in [1.82, 2.24) is 9.88 Å². The first kappa shape index (κ1) is 21.6. The van der Waals surface area contributed by atoms with Crippen LogP contribution in [0.25, 0.3) is 21.9 Å². The van der Waals surface area contributed by atoms with Crippen LogP contribution in [0.15, 0.2) is 74.8 Å². The standard InChI is InChI=1S/C22H21N3O6S/c23-32(28,29)18-7-8-19-20(14-18)31-22(27)25(19)11-9-21(26)24-10-12-30-17-6-5-15-3-1-2-4-16(15)13-17/h1-8,13-14H,9-12H2,(H,24,26)(H2,23,28,29). The maximum atomic E-state index is 12.1. The molecule has 0 bridgehead atoms. The minimum absolute atomic E-state index is 0.0431. The number of carbonyl (C=O) groups is 1. The third-order valence-corrected chi connectivity index (χ3v) is 5.86. The fourth-order valence-corrected chi connectivity index (χ4v) is 3.88. The molecule has 1 heterocycles. The number of aromatic nitrogens is 1. The van der Waals surface area contributed by atoms with Crippen molar-refractivity contribution in [2.75, 3.05) is 13.2 Å². The Morgan fingerprint density at radius 1 is 1.06 bits per heavy atom. The first-order chi connectivity index (χ1) is 15.3. The minimum Gasteiger partial charge on any atom is -0.492 e. The van der Waals surface area contributed by atoms with E-state index in [0.717, 1.165) is 10.8 Å². The number of primary sulfonamides is 1. The van der Waals surface area contributed by atoms with Gasteiger partial charge in [0.05, 0.1) is 17.0 Å². The van der Waals surface area contributed by atoms with Crippen molar-refractivity contribution in [3.63, 3.8) is 0 Å². The molecule has 0 aliphatic rings. The normalized spacial score (nSPS) is 11.7. The van der Waals surface area contributed by atoms with Crippen LogP contribution in [0.5, 0.6) is 5.75 Å². The number of nitrogens with zero attached hydrogens (tertiary/aromatic N) is 1. The van der Waals surface area contributed by atoms with Gasteiger partial charge < -0.3 is 14.5 Å². The molecule has 1 amide bonds. The van der Waals surface area contributed by atoms with Crippen molar-refractivity contribution >= 4 is 37.8 Å². The van der Waals surface area contributed by atoms with Crippen molar-refractivity contribution < 1.29 is 22.4 Å². The van der Waals surface area contributed by atoms with Crippen molar-refractivity contribution in [3.8, 4) is 5.75 Å². The molecule has 4 rings (SSSR count). The third kappa shape index (κ3) is 4.82. The van der Waals surface area contributed by atoms with Crippen molar-refractivity contribution in [2.24, 2.45) is 5.14 Å². The van der Waals surface area contributed by atoms with E-state index in [-0.39, 0.29) is 29.4 Å². The van der Waals surface area contributed by atoms with E-state index in [1.165, 1.54) is 22.8 Å². The number of hydrogen-bond acceptors (Lipinski definition) is 6. The Kier molecular flexibility index (Phi) is 5.97.